The second-order valence-corrected chi connectivity index (χ2v) is 16.7. The van der Waals surface area contributed by atoms with Crippen LogP contribution in [0.15, 0.2) is 77.9 Å². The van der Waals surface area contributed by atoms with Crippen LogP contribution >= 0.6 is 0 Å². The number of urea groups is 1. The van der Waals surface area contributed by atoms with Gasteiger partial charge in [-0.1, -0.05) is 60.7 Å². The van der Waals surface area contributed by atoms with Gasteiger partial charge in [-0.25, -0.2) is 15.0 Å². The number of fused-ring (bicyclic) bond motifs is 4. The summed E-state index contributed by atoms with van der Waals surface area (Å²) in [6.45, 7) is 5.24. The Morgan fingerprint density at radius 1 is 0.885 bits per heavy atom. The number of benzene rings is 3. The highest BCUT2D eigenvalue weighted by molar-refractivity contribution is 6.06. The summed E-state index contributed by atoms with van der Waals surface area (Å²) in [5, 5.41) is 15.0. The molecular formula is C45H56N8O8. The first-order valence-corrected chi connectivity index (χ1v) is 20.7. The number of nitrogens with one attached hydrogen (secondary N) is 5. The molecule has 1 aliphatic heterocycles. The van der Waals surface area contributed by atoms with Crippen LogP contribution in [0.3, 0.4) is 0 Å². The quantitative estimate of drug-likeness (QED) is 0.0939. The van der Waals surface area contributed by atoms with Crippen molar-refractivity contribution in [1.29, 1.82) is 0 Å². The van der Waals surface area contributed by atoms with Gasteiger partial charge in [-0.15, -0.1) is 0 Å². The molecule has 1 heterocycles. The number of alkyl carbamates (subject to hydrolysis) is 1. The van der Waals surface area contributed by atoms with E-state index in [1.54, 1.807) is 47.0 Å². The van der Waals surface area contributed by atoms with Crippen LogP contribution in [0.25, 0.3) is 11.1 Å². The van der Waals surface area contributed by atoms with Gasteiger partial charge in [0, 0.05) is 45.2 Å². The number of carbonyl (C=O) groups is 6. The van der Waals surface area contributed by atoms with Crippen LogP contribution < -0.4 is 36.5 Å². The molecule has 6 rings (SSSR count). The molecule has 5 N–H and O–H groups in total. The molecule has 0 saturated heterocycles. The molecule has 0 aromatic heterocycles. The highest BCUT2D eigenvalue weighted by atomic mass is 16.6. The molecule has 6 amide bonds. The standard InChI is InChI=1S/C45H56N8O8/c1-45(2,3)61-40(55)22-30(24-48-51-43(58)47-23-28-18-20-29(21-19-28)41(56)46-4)49-39(54)26-53-38-17-11-10-16-37(38)52(5)25-36(42(53)57)50-44(59)60-27-35-33-14-8-6-12-31(33)32-13-7-9-15-34(32)35/h6-17,24,28-30,35-36H,18-23,25-27H2,1-5H3,(H,46,56)(H,49,54)(H,50,59)(H2,47,51,58)/b48-24+/t28?,29?,30-,36?/m0/s1. The van der Waals surface area contributed by atoms with Gasteiger partial charge in [-0.3, -0.25) is 24.1 Å². The zero-order valence-corrected chi connectivity index (χ0v) is 35.4. The van der Waals surface area contributed by atoms with E-state index in [-0.39, 0.29) is 43.2 Å². The monoisotopic (exact) mass is 836 g/mol. The Morgan fingerprint density at radius 3 is 2.15 bits per heavy atom. The Morgan fingerprint density at radius 2 is 1.51 bits per heavy atom. The van der Waals surface area contributed by atoms with Crippen LogP contribution in [0.5, 0.6) is 0 Å². The summed E-state index contributed by atoms with van der Waals surface area (Å²) >= 11 is 0. The first-order chi connectivity index (χ1) is 29.2. The average molecular weight is 837 g/mol. The minimum atomic E-state index is -1.09. The van der Waals surface area contributed by atoms with Crippen LogP contribution in [-0.4, -0.2) is 100 Å². The number of hydrazone groups is 1. The van der Waals surface area contributed by atoms with Gasteiger partial charge in [0.2, 0.25) is 11.8 Å². The molecule has 1 fully saturated rings. The van der Waals surface area contributed by atoms with Gasteiger partial charge in [-0.2, -0.15) is 5.10 Å². The number of hydrogen-bond acceptors (Lipinski definition) is 10. The highest BCUT2D eigenvalue weighted by Gasteiger charge is 2.36. The normalized spacial score (nSPS) is 19.1. The number of esters is 1. The van der Waals surface area contributed by atoms with Crippen LogP contribution in [0, 0.1) is 11.8 Å². The van der Waals surface area contributed by atoms with Crippen molar-refractivity contribution in [2.45, 2.75) is 76.5 Å². The van der Waals surface area contributed by atoms with Crippen molar-refractivity contribution in [3.8, 4) is 11.1 Å². The first-order valence-electron chi connectivity index (χ1n) is 20.7. The number of carbonyl (C=O) groups excluding carboxylic acids is 6. The molecule has 324 valence electrons. The van der Waals surface area contributed by atoms with Crippen molar-refractivity contribution in [3.63, 3.8) is 0 Å². The van der Waals surface area contributed by atoms with Crippen LogP contribution in [0.2, 0.25) is 0 Å². The fraction of sp³-hybridized carbons (Fsp3) is 0.444. The smallest absolute Gasteiger partial charge is 0.407 e. The van der Waals surface area contributed by atoms with Gasteiger partial charge in [0.1, 0.15) is 24.8 Å². The van der Waals surface area contributed by atoms with E-state index >= 15 is 0 Å². The molecular weight excluding hydrogens is 781 g/mol. The third kappa shape index (κ3) is 11.4. The number of para-hydroxylation sites is 2. The SMILES string of the molecule is CNC(=O)C1CCC(CNC(=O)N/N=C/[C@H](CC(=O)OC(C)(C)C)NC(=O)CN2C(=O)C(NC(=O)OCC3c4ccccc4-c4ccccc43)CN(C)c3ccccc32)CC1. The summed E-state index contributed by atoms with van der Waals surface area (Å²) in [5.41, 5.74) is 6.97. The molecule has 2 atom stereocenters. The molecule has 2 aliphatic carbocycles. The number of hydrogen-bond donors (Lipinski definition) is 5. The van der Waals surface area contributed by atoms with Crippen molar-refractivity contribution in [2.24, 2.45) is 16.9 Å². The van der Waals surface area contributed by atoms with E-state index in [1.165, 1.54) is 11.1 Å². The topological polar surface area (TPSA) is 200 Å². The Bertz CT molecular complexity index is 2080. The minimum absolute atomic E-state index is 0.0160. The van der Waals surface area contributed by atoms with Crippen LogP contribution in [0.4, 0.5) is 21.0 Å². The Balaban J connectivity index is 1.09. The molecule has 61 heavy (non-hydrogen) atoms. The first kappa shape index (κ1) is 44.1. The summed E-state index contributed by atoms with van der Waals surface area (Å²) in [5.74, 6) is -1.74. The lowest BCUT2D eigenvalue weighted by atomic mass is 9.81. The zero-order chi connectivity index (χ0) is 43.7. The fourth-order valence-corrected chi connectivity index (χ4v) is 8.22. The van der Waals surface area contributed by atoms with Crippen LogP contribution in [-0.2, 0) is 28.7 Å². The van der Waals surface area contributed by atoms with Crippen molar-refractivity contribution in [1.82, 2.24) is 26.7 Å². The Kier molecular flexibility index (Phi) is 14.3. The number of nitrogens with zero attached hydrogens (tertiary/aromatic N) is 3. The average Bonchev–Trinajstić information content (AvgIpc) is 3.51. The third-order valence-electron chi connectivity index (χ3n) is 11.1. The number of amides is 6. The largest absolute Gasteiger partial charge is 0.460 e. The third-order valence-corrected chi connectivity index (χ3v) is 11.1. The zero-order valence-electron chi connectivity index (χ0n) is 35.4. The molecule has 0 bridgehead atoms. The molecule has 3 aromatic rings. The molecule has 16 nitrogen and oxygen atoms in total. The lowest BCUT2D eigenvalue weighted by Crippen LogP contribution is -2.54. The number of ether oxygens (including phenoxy) is 2. The summed E-state index contributed by atoms with van der Waals surface area (Å²) in [6.07, 6.45) is 3.24. The molecule has 0 spiro atoms. The van der Waals surface area contributed by atoms with E-state index in [0.29, 0.717) is 17.9 Å². The van der Waals surface area contributed by atoms with Crippen molar-refractivity contribution in [3.05, 3.63) is 83.9 Å². The van der Waals surface area contributed by atoms with Gasteiger partial charge >= 0.3 is 18.1 Å². The van der Waals surface area contributed by atoms with Gasteiger partial charge in [-0.05, 0) is 86.8 Å². The molecule has 1 unspecified atom stereocenters. The van der Waals surface area contributed by atoms with E-state index in [4.69, 9.17) is 9.47 Å². The fourth-order valence-electron chi connectivity index (χ4n) is 8.22. The maximum atomic E-state index is 14.3. The predicted octanol–water partition coefficient (Wildman–Crippen LogP) is 4.43. The van der Waals surface area contributed by atoms with Crippen molar-refractivity contribution in [2.75, 3.05) is 50.1 Å². The maximum absolute atomic E-state index is 14.3. The molecule has 3 aromatic carbocycles. The van der Waals surface area contributed by atoms with Crippen LogP contribution in [0.1, 0.15) is 69.9 Å². The lowest BCUT2D eigenvalue weighted by molar-refractivity contribution is -0.155. The van der Waals surface area contributed by atoms with Gasteiger partial charge < -0.3 is 35.6 Å². The minimum Gasteiger partial charge on any atom is -0.460 e. The van der Waals surface area contributed by atoms with Gasteiger partial charge in [0.25, 0.3) is 5.91 Å². The van der Waals surface area contributed by atoms with E-state index in [0.717, 1.165) is 47.9 Å². The Labute approximate surface area is 356 Å². The molecule has 1 saturated carbocycles. The van der Waals surface area contributed by atoms with Gasteiger partial charge in [0.05, 0.1) is 23.8 Å². The van der Waals surface area contributed by atoms with E-state index < -0.39 is 54.1 Å². The molecule has 16 heteroatoms. The number of anilines is 2. The van der Waals surface area contributed by atoms with E-state index in [1.807, 2.05) is 65.6 Å². The number of likely N-dealkylation sites (N-methyl/N-ethyl adjacent to an activating group) is 1. The van der Waals surface area contributed by atoms with Crippen molar-refractivity contribution < 1.29 is 38.2 Å². The summed E-state index contributed by atoms with van der Waals surface area (Å²) in [7, 11) is 3.42. The summed E-state index contributed by atoms with van der Waals surface area (Å²) < 4.78 is 11.3. The summed E-state index contributed by atoms with van der Waals surface area (Å²) in [4.78, 5) is 82.1. The molecule has 0 radical (unpaired) electrons. The number of rotatable bonds is 13. The molecule has 3 aliphatic rings. The second kappa shape index (κ2) is 19.7. The van der Waals surface area contributed by atoms with Gasteiger partial charge in [0.15, 0.2) is 0 Å². The summed E-state index contributed by atoms with van der Waals surface area (Å²) in [6, 6.07) is 20.4. The Hall–Kier alpha value is -6.45. The predicted molar refractivity (Wildman–Crippen MR) is 231 cm³/mol. The maximum Gasteiger partial charge on any atom is 0.407 e. The van der Waals surface area contributed by atoms with Crippen molar-refractivity contribution >= 4 is 53.4 Å². The van der Waals surface area contributed by atoms with E-state index in [9.17, 15) is 28.8 Å². The van der Waals surface area contributed by atoms with E-state index in [2.05, 4.69) is 31.8 Å². The second-order valence-electron chi connectivity index (χ2n) is 16.7. The highest BCUT2D eigenvalue weighted by Crippen LogP contribution is 2.44. The lowest BCUT2D eigenvalue weighted by Gasteiger charge is -2.27.